The Labute approximate surface area is 95.5 Å². The second kappa shape index (κ2) is 5.16. The number of hydrogen-bond donors (Lipinski definition) is 0. The van der Waals surface area contributed by atoms with Crippen LogP contribution in [0.1, 0.15) is 59.8 Å². The summed E-state index contributed by atoms with van der Waals surface area (Å²) in [7, 11) is 0. The summed E-state index contributed by atoms with van der Waals surface area (Å²) < 4.78 is 0. The van der Waals surface area contributed by atoms with Gasteiger partial charge in [-0.3, -0.25) is 4.90 Å². The Kier molecular flexibility index (Phi) is 4.39. The molecule has 1 aliphatic rings. The van der Waals surface area contributed by atoms with Gasteiger partial charge in [0.15, 0.2) is 0 Å². The lowest BCUT2D eigenvalue weighted by Crippen LogP contribution is -2.50. The van der Waals surface area contributed by atoms with E-state index in [0.29, 0.717) is 5.54 Å². The fourth-order valence-electron chi connectivity index (χ4n) is 2.60. The minimum absolute atomic E-state index is 0.333. The van der Waals surface area contributed by atoms with Gasteiger partial charge < -0.3 is 0 Å². The Hall–Kier alpha value is -0.300. The van der Waals surface area contributed by atoms with E-state index < -0.39 is 0 Å². The number of allylic oxidation sites excluding steroid dienone is 1. The smallest absolute Gasteiger partial charge is 0.0127 e. The van der Waals surface area contributed by atoms with Gasteiger partial charge in [-0.25, -0.2) is 0 Å². The molecule has 0 N–H and O–H groups in total. The topological polar surface area (TPSA) is 3.24 Å². The highest BCUT2D eigenvalue weighted by molar-refractivity contribution is 4.92. The van der Waals surface area contributed by atoms with E-state index in [9.17, 15) is 0 Å². The first kappa shape index (κ1) is 12.8. The van der Waals surface area contributed by atoms with Crippen LogP contribution in [0.15, 0.2) is 12.2 Å². The highest BCUT2D eigenvalue weighted by Crippen LogP contribution is 2.28. The van der Waals surface area contributed by atoms with Crippen LogP contribution >= 0.6 is 0 Å². The van der Waals surface area contributed by atoms with Crippen molar-refractivity contribution in [2.24, 2.45) is 0 Å². The third-order valence-electron chi connectivity index (χ3n) is 3.39. The molecule has 0 aromatic rings. The first-order valence-electron chi connectivity index (χ1n) is 6.32. The van der Waals surface area contributed by atoms with Gasteiger partial charge in [-0.2, -0.15) is 0 Å². The van der Waals surface area contributed by atoms with Crippen molar-refractivity contribution in [3.8, 4) is 0 Å². The van der Waals surface area contributed by atoms with Gasteiger partial charge in [-0.05, 0) is 59.9 Å². The van der Waals surface area contributed by atoms with Crippen LogP contribution in [0.3, 0.4) is 0 Å². The average molecular weight is 209 g/mol. The van der Waals surface area contributed by atoms with Crippen LogP contribution in [-0.4, -0.2) is 23.0 Å². The fraction of sp³-hybridized carbons (Fsp3) is 0.857. The van der Waals surface area contributed by atoms with E-state index in [2.05, 4.69) is 39.2 Å². The van der Waals surface area contributed by atoms with Gasteiger partial charge in [0.25, 0.3) is 0 Å². The standard InChI is InChI=1S/C14H27N/c1-12(2)9-10-13-8-6-7-11-15(13)14(3,4)5/h13H,1,6-11H2,2-5H3. The van der Waals surface area contributed by atoms with E-state index in [4.69, 9.17) is 0 Å². The molecule has 0 aliphatic carbocycles. The fourth-order valence-corrected chi connectivity index (χ4v) is 2.60. The summed E-state index contributed by atoms with van der Waals surface area (Å²) in [5.41, 5.74) is 1.66. The SMILES string of the molecule is C=C(C)CCC1CCCCN1C(C)(C)C. The summed E-state index contributed by atoms with van der Waals surface area (Å²) in [6, 6.07) is 0.787. The maximum absolute atomic E-state index is 4.01. The van der Waals surface area contributed by atoms with Crippen molar-refractivity contribution in [2.75, 3.05) is 6.54 Å². The number of hydrogen-bond acceptors (Lipinski definition) is 1. The summed E-state index contributed by atoms with van der Waals surface area (Å²) in [5, 5.41) is 0. The molecule has 15 heavy (non-hydrogen) atoms. The Morgan fingerprint density at radius 3 is 2.53 bits per heavy atom. The van der Waals surface area contributed by atoms with E-state index in [0.717, 1.165) is 6.04 Å². The van der Waals surface area contributed by atoms with Gasteiger partial charge >= 0.3 is 0 Å². The van der Waals surface area contributed by atoms with E-state index in [1.165, 1.54) is 44.2 Å². The molecule has 1 heterocycles. The molecule has 0 radical (unpaired) electrons. The van der Waals surface area contributed by atoms with Gasteiger partial charge in [0, 0.05) is 11.6 Å². The van der Waals surface area contributed by atoms with Crippen molar-refractivity contribution < 1.29 is 0 Å². The molecule has 1 unspecified atom stereocenters. The maximum Gasteiger partial charge on any atom is 0.0127 e. The van der Waals surface area contributed by atoms with Gasteiger partial charge in [0.05, 0.1) is 0 Å². The highest BCUT2D eigenvalue weighted by Gasteiger charge is 2.30. The van der Waals surface area contributed by atoms with Crippen molar-refractivity contribution in [1.29, 1.82) is 0 Å². The summed E-state index contributed by atoms with van der Waals surface area (Å²) in [6.07, 6.45) is 6.66. The molecule has 88 valence electrons. The molecule has 0 spiro atoms. The molecule has 1 nitrogen and oxygen atoms in total. The molecule has 0 aromatic heterocycles. The van der Waals surface area contributed by atoms with Gasteiger partial charge in [0.2, 0.25) is 0 Å². The third kappa shape index (κ3) is 3.98. The van der Waals surface area contributed by atoms with E-state index in [-0.39, 0.29) is 0 Å². The molecule has 1 saturated heterocycles. The van der Waals surface area contributed by atoms with Crippen LogP contribution in [0.4, 0.5) is 0 Å². The molecule has 1 fully saturated rings. The molecule has 1 heteroatoms. The van der Waals surface area contributed by atoms with Crippen LogP contribution in [0.25, 0.3) is 0 Å². The lowest BCUT2D eigenvalue weighted by atomic mass is 9.91. The van der Waals surface area contributed by atoms with Crippen molar-refractivity contribution in [2.45, 2.75) is 71.4 Å². The number of likely N-dealkylation sites (tertiary alicyclic amines) is 1. The minimum atomic E-state index is 0.333. The second-order valence-corrected chi connectivity index (χ2v) is 6.01. The Morgan fingerprint density at radius 2 is 2.00 bits per heavy atom. The largest absolute Gasteiger partial charge is 0.296 e. The monoisotopic (exact) mass is 209 g/mol. The zero-order valence-corrected chi connectivity index (χ0v) is 11.0. The molecule has 0 saturated carbocycles. The Bertz CT molecular complexity index is 212. The zero-order valence-electron chi connectivity index (χ0n) is 11.0. The van der Waals surface area contributed by atoms with Crippen molar-refractivity contribution in [1.82, 2.24) is 4.90 Å². The molecule has 1 rings (SSSR count). The normalized spacial score (nSPS) is 24.1. The molecular weight excluding hydrogens is 182 g/mol. The zero-order chi connectivity index (χ0) is 11.5. The van der Waals surface area contributed by atoms with Crippen LogP contribution in [0.2, 0.25) is 0 Å². The number of rotatable bonds is 3. The van der Waals surface area contributed by atoms with E-state index in [1.807, 2.05) is 0 Å². The second-order valence-electron chi connectivity index (χ2n) is 6.01. The molecule has 0 bridgehead atoms. The van der Waals surface area contributed by atoms with Gasteiger partial charge in [-0.15, -0.1) is 6.58 Å². The molecule has 1 atom stereocenters. The van der Waals surface area contributed by atoms with Crippen LogP contribution < -0.4 is 0 Å². The lowest BCUT2D eigenvalue weighted by Gasteiger charge is -2.45. The third-order valence-corrected chi connectivity index (χ3v) is 3.39. The summed E-state index contributed by atoms with van der Waals surface area (Å²) in [6.45, 7) is 14.5. The molecular formula is C14H27N. The van der Waals surface area contributed by atoms with Crippen molar-refractivity contribution in [3.05, 3.63) is 12.2 Å². The summed E-state index contributed by atoms with van der Waals surface area (Å²) in [5.74, 6) is 0. The first-order chi connectivity index (χ1) is 6.91. The van der Waals surface area contributed by atoms with Crippen molar-refractivity contribution >= 4 is 0 Å². The van der Waals surface area contributed by atoms with Crippen LogP contribution in [-0.2, 0) is 0 Å². The molecule has 0 aromatic carbocycles. The quantitative estimate of drug-likeness (QED) is 0.635. The predicted molar refractivity (Wildman–Crippen MR) is 68.1 cm³/mol. The average Bonchev–Trinajstić information content (AvgIpc) is 2.13. The first-order valence-corrected chi connectivity index (χ1v) is 6.32. The Morgan fingerprint density at radius 1 is 1.33 bits per heavy atom. The molecule has 0 amide bonds. The lowest BCUT2D eigenvalue weighted by molar-refractivity contribution is 0.0473. The maximum atomic E-state index is 4.01. The summed E-state index contributed by atoms with van der Waals surface area (Å²) >= 11 is 0. The van der Waals surface area contributed by atoms with Crippen LogP contribution in [0.5, 0.6) is 0 Å². The predicted octanol–water partition coefficient (Wildman–Crippen LogP) is 4.00. The highest BCUT2D eigenvalue weighted by atomic mass is 15.2. The Balaban J connectivity index is 2.54. The van der Waals surface area contributed by atoms with Gasteiger partial charge in [0.1, 0.15) is 0 Å². The van der Waals surface area contributed by atoms with Crippen LogP contribution in [0, 0.1) is 0 Å². The van der Waals surface area contributed by atoms with Crippen molar-refractivity contribution in [3.63, 3.8) is 0 Å². The number of nitrogens with zero attached hydrogens (tertiary/aromatic N) is 1. The summed E-state index contributed by atoms with van der Waals surface area (Å²) in [4.78, 5) is 2.69. The van der Waals surface area contributed by atoms with E-state index in [1.54, 1.807) is 0 Å². The van der Waals surface area contributed by atoms with Gasteiger partial charge in [-0.1, -0.05) is 12.0 Å². The number of piperidine rings is 1. The molecule has 1 aliphatic heterocycles. The minimum Gasteiger partial charge on any atom is -0.296 e. The van der Waals surface area contributed by atoms with E-state index >= 15 is 0 Å².